The minimum Gasteiger partial charge on any atom is -0.468 e. The molecule has 0 saturated heterocycles. The molecule has 5 nitrogen and oxygen atoms in total. The van der Waals surface area contributed by atoms with E-state index in [0.29, 0.717) is 13.1 Å². The molecule has 0 spiro atoms. The number of aryl methyl sites for hydroxylation is 1. The number of nitrogens with one attached hydrogen (secondary N) is 1. The van der Waals surface area contributed by atoms with Crippen LogP contribution in [0.25, 0.3) is 0 Å². The first-order valence-electron chi connectivity index (χ1n) is 6.66. The lowest BCUT2D eigenvalue weighted by molar-refractivity contribution is -0.142. The van der Waals surface area contributed by atoms with Gasteiger partial charge in [-0.1, -0.05) is 36.8 Å². The summed E-state index contributed by atoms with van der Waals surface area (Å²) in [6.07, 6.45) is 0. The molecule has 0 unspecified atom stereocenters. The minimum atomic E-state index is -0.335. The average molecular weight is 278 g/mol. The number of carbonyl (C=O) groups is 2. The molecule has 5 heteroatoms. The van der Waals surface area contributed by atoms with E-state index in [2.05, 4.69) is 10.1 Å². The third kappa shape index (κ3) is 5.84. The molecule has 0 bridgehead atoms. The molecule has 0 aliphatic rings. The Balaban J connectivity index is 2.38. The van der Waals surface area contributed by atoms with E-state index < -0.39 is 0 Å². The van der Waals surface area contributed by atoms with Gasteiger partial charge in [-0.3, -0.25) is 14.5 Å². The summed E-state index contributed by atoms with van der Waals surface area (Å²) in [5, 5.41) is 2.84. The summed E-state index contributed by atoms with van der Waals surface area (Å²) in [7, 11) is 1.34. The van der Waals surface area contributed by atoms with Gasteiger partial charge in [0.25, 0.3) is 0 Å². The monoisotopic (exact) mass is 278 g/mol. The lowest BCUT2D eigenvalue weighted by Gasteiger charge is -2.18. The van der Waals surface area contributed by atoms with Gasteiger partial charge in [0.05, 0.1) is 20.2 Å². The third-order valence-corrected chi connectivity index (χ3v) is 3.01. The van der Waals surface area contributed by atoms with Crippen LogP contribution in [0.4, 0.5) is 0 Å². The van der Waals surface area contributed by atoms with Crippen molar-refractivity contribution in [3.05, 3.63) is 35.4 Å². The molecule has 1 aromatic rings. The van der Waals surface area contributed by atoms with Crippen LogP contribution in [0.2, 0.25) is 0 Å². The van der Waals surface area contributed by atoms with E-state index in [0.717, 1.165) is 5.56 Å². The third-order valence-electron chi connectivity index (χ3n) is 3.01. The maximum atomic E-state index is 11.8. The van der Waals surface area contributed by atoms with Gasteiger partial charge in [0, 0.05) is 6.54 Å². The van der Waals surface area contributed by atoms with Crippen LogP contribution in [0.1, 0.15) is 18.1 Å². The van der Waals surface area contributed by atoms with Crippen LogP contribution < -0.4 is 5.32 Å². The van der Waals surface area contributed by atoms with Gasteiger partial charge in [0.15, 0.2) is 0 Å². The molecule has 0 heterocycles. The van der Waals surface area contributed by atoms with Crippen LogP contribution in [-0.2, 0) is 20.9 Å². The fourth-order valence-electron chi connectivity index (χ4n) is 1.69. The highest BCUT2D eigenvalue weighted by Gasteiger charge is 2.12. The Morgan fingerprint density at radius 1 is 1.20 bits per heavy atom. The molecule has 0 radical (unpaired) electrons. The molecule has 0 saturated carbocycles. The average Bonchev–Trinajstić information content (AvgIpc) is 2.45. The molecule has 0 aliphatic carbocycles. The number of esters is 1. The molecule has 20 heavy (non-hydrogen) atoms. The van der Waals surface area contributed by atoms with E-state index in [1.54, 1.807) is 4.90 Å². The molecule has 0 fully saturated rings. The highest BCUT2D eigenvalue weighted by molar-refractivity contribution is 5.79. The first kappa shape index (κ1) is 16.2. The smallest absolute Gasteiger partial charge is 0.319 e. The predicted molar refractivity (Wildman–Crippen MR) is 77.2 cm³/mol. The maximum Gasteiger partial charge on any atom is 0.319 e. The fraction of sp³-hybridized carbons (Fsp3) is 0.467. The van der Waals surface area contributed by atoms with Gasteiger partial charge >= 0.3 is 5.97 Å². The zero-order valence-electron chi connectivity index (χ0n) is 12.3. The summed E-state index contributed by atoms with van der Waals surface area (Å²) in [5.41, 5.74) is 2.25. The van der Waals surface area contributed by atoms with E-state index in [4.69, 9.17) is 0 Å². The Bertz CT molecular complexity index is 443. The van der Waals surface area contributed by atoms with Crippen molar-refractivity contribution in [2.45, 2.75) is 20.4 Å². The lowest BCUT2D eigenvalue weighted by atomic mass is 10.1. The first-order chi connectivity index (χ1) is 9.55. The Labute approximate surface area is 119 Å². The minimum absolute atomic E-state index is 0.101. The summed E-state index contributed by atoms with van der Waals surface area (Å²) in [4.78, 5) is 24.7. The second kappa shape index (κ2) is 8.32. The predicted octanol–water partition coefficient (Wildman–Crippen LogP) is 1.11. The van der Waals surface area contributed by atoms with Gasteiger partial charge in [0.2, 0.25) is 5.91 Å². The number of likely N-dealkylation sites (N-methyl/N-ethyl adjacent to an activating group) is 1. The second-order valence-corrected chi connectivity index (χ2v) is 4.64. The summed E-state index contributed by atoms with van der Waals surface area (Å²) in [6.45, 7) is 5.36. The largest absolute Gasteiger partial charge is 0.468 e. The summed E-state index contributed by atoms with van der Waals surface area (Å²) < 4.78 is 4.59. The molecule has 0 atom stereocenters. The topological polar surface area (TPSA) is 58.6 Å². The molecule has 1 aromatic carbocycles. The van der Waals surface area contributed by atoms with Crippen LogP contribution in [0.15, 0.2) is 24.3 Å². The number of ether oxygens (including phenoxy) is 1. The van der Waals surface area contributed by atoms with E-state index in [-0.39, 0.29) is 25.0 Å². The molecular formula is C15H22N2O3. The van der Waals surface area contributed by atoms with E-state index in [1.807, 2.05) is 38.1 Å². The van der Waals surface area contributed by atoms with Crippen LogP contribution in [0.3, 0.4) is 0 Å². The Kier molecular flexibility index (Phi) is 6.73. The number of rotatable bonds is 7. The molecule has 1 N–H and O–H groups in total. The molecule has 0 aliphatic heterocycles. The number of hydrogen-bond acceptors (Lipinski definition) is 4. The quantitative estimate of drug-likeness (QED) is 0.759. The summed E-state index contributed by atoms with van der Waals surface area (Å²) >= 11 is 0. The van der Waals surface area contributed by atoms with Crippen molar-refractivity contribution >= 4 is 11.9 Å². The van der Waals surface area contributed by atoms with Crippen molar-refractivity contribution in [3.63, 3.8) is 0 Å². The zero-order chi connectivity index (χ0) is 15.0. The molecule has 1 amide bonds. The number of amides is 1. The first-order valence-corrected chi connectivity index (χ1v) is 6.66. The number of benzene rings is 1. The van der Waals surface area contributed by atoms with Crippen molar-refractivity contribution < 1.29 is 14.3 Å². The van der Waals surface area contributed by atoms with Crippen molar-refractivity contribution in [1.82, 2.24) is 10.2 Å². The Hall–Kier alpha value is -1.88. The zero-order valence-corrected chi connectivity index (χ0v) is 12.3. The number of nitrogens with zero attached hydrogens (tertiary/aromatic N) is 1. The maximum absolute atomic E-state index is 11.8. The SMILES string of the molecule is CCN(CC(=O)NCc1ccc(C)cc1)CC(=O)OC. The number of hydrogen-bond donors (Lipinski definition) is 1. The standard InChI is InChI=1S/C15H22N2O3/c1-4-17(11-15(19)20-3)10-14(18)16-9-13-7-5-12(2)6-8-13/h5-8H,4,9-11H2,1-3H3,(H,16,18). The van der Waals surface area contributed by atoms with E-state index in [1.165, 1.54) is 12.7 Å². The van der Waals surface area contributed by atoms with Crippen LogP contribution in [0, 0.1) is 6.92 Å². The van der Waals surface area contributed by atoms with Crippen LogP contribution >= 0.6 is 0 Å². The summed E-state index contributed by atoms with van der Waals surface area (Å²) in [5.74, 6) is -0.436. The van der Waals surface area contributed by atoms with Crippen molar-refractivity contribution in [2.75, 3.05) is 26.7 Å². The molecule has 0 aromatic heterocycles. The van der Waals surface area contributed by atoms with Gasteiger partial charge in [-0.25, -0.2) is 0 Å². The van der Waals surface area contributed by atoms with Crippen molar-refractivity contribution in [3.8, 4) is 0 Å². The van der Waals surface area contributed by atoms with Gasteiger partial charge in [-0.05, 0) is 19.0 Å². The van der Waals surface area contributed by atoms with Gasteiger partial charge in [-0.2, -0.15) is 0 Å². The molecule has 110 valence electrons. The highest BCUT2D eigenvalue weighted by atomic mass is 16.5. The lowest BCUT2D eigenvalue weighted by Crippen LogP contribution is -2.39. The highest BCUT2D eigenvalue weighted by Crippen LogP contribution is 2.02. The summed E-state index contributed by atoms with van der Waals surface area (Å²) in [6, 6.07) is 8.00. The molecular weight excluding hydrogens is 256 g/mol. The van der Waals surface area contributed by atoms with Gasteiger partial charge < -0.3 is 10.1 Å². The van der Waals surface area contributed by atoms with E-state index in [9.17, 15) is 9.59 Å². The molecule has 1 rings (SSSR count). The normalized spacial score (nSPS) is 10.4. The van der Waals surface area contributed by atoms with Crippen LogP contribution in [-0.4, -0.2) is 43.5 Å². The second-order valence-electron chi connectivity index (χ2n) is 4.64. The fourth-order valence-corrected chi connectivity index (χ4v) is 1.69. The number of methoxy groups -OCH3 is 1. The van der Waals surface area contributed by atoms with Crippen molar-refractivity contribution in [2.24, 2.45) is 0 Å². The Morgan fingerprint density at radius 2 is 1.85 bits per heavy atom. The van der Waals surface area contributed by atoms with Gasteiger partial charge in [0.1, 0.15) is 0 Å². The van der Waals surface area contributed by atoms with Gasteiger partial charge in [-0.15, -0.1) is 0 Å². The number of carbonyl (C=O) groups excluding carboxylic acids is 2. The van der Waals surface area contributed by atoms with Crippen LogP contribution in [0.5, 0.6) is 0 Å². The van der Waals surface area contributed by atoms with Crippen molar-refractivity contribution in [1.29, 1.82) is 0 Å². The Morgan fingerprint density at radius 3 is 2.40 bits per heavy atom. The van der Waals surface area contributed by atoms with E-state index >= 15 is 0 Å².